The molecule has 0 bridgehead atoms. The van der Waals surface area contributed by atoms with E-state index in [0.29, 0.717) is 5.71 Å². The molecule has 5 heterocycles. The molecule has 0 amide bonds. The number of furan rings is 1. The first-order chi connectivity index (χ1) is 27.3. The van der Waals surface area contributed by atoms with E-state index in [9.17, 15) is 0 Å². The zero-order valence-electron chi connectivity index (χ0n) is 29.4. The molecule has 1 aliphatic rings. The maximum Gasteiger partial charge on any atom is 0.247 e. The summed E-state index contributed by atoms with van der Waals surface area (Å²) in [7, 11) is 0. The van der Waals surface area contributed by atoms with Gasteiger partial charge in [0.1, 0.15) is 16.8 Å². The highest BCUT2D eigenvalue weighted by Gasteiger charge is 2.30. The van der Waals surface area contributed by atoms with Crippen molar-refractivity contribution in [3.63, 3.8) is 0 Å². The van der Waals surface area contributed by atoms with Gasteiger partial charge in [-0.25, -0.2) is 9.97 Å². The summed E-state index contributed by atoms with van der Waals surface area (Å²) in [5.41, 5.74) is 14.4. The number of aromatic nitrogens is 4. The smallest absolute Gasteiger partial charge is 0.247 e. The molecular weight excluding hydrogens is 673 g/mol. The Morgan fingerprint density at radius 1 is 0.455 bits per heavy atom. The zero-order chi connectivity index (χ0) is 35.8. The van der Waals surface area contributed by atoms with Gasteiger partial charge in [0.2, 0.25) is 5.71 Å². The molecular formula is C50H28N4O. The molecule has 8 aromatic carbocycles. The highest BCUT2D eigenvalue weighted by molar-refractivity contribution is 6.28. The number of rotatable bonds is 2. The Morgan fingerprint density at radius 3 is 2.00 bits per heavy atom. The Balaban J connectivity index is 1.26. The predicted molar refractivity (Wildman–Crippen MR) is 225 cm³/mol. The van der Waals surface area contributed by atoms with Crippen molar-refractivity contribution in [1.29, 1.82) is 0 Å². The van der Waals surface area contributed by atoms with Crippen LogP contribution in [0.2, 0.25) is 0 Å². The highest BCUT2D eigenvalue weighted by atomic mass is 16.3. The van der Waals surface area contributed by atoms with Crippen molar-refractivity contribution in [3.05, 3.63) is 170 Å². The lowest BCUT2D eigenvalue weighted by atomic mass is 9.91. The van der Waals surface area contributed by atoms with Crippen LogP contribution in [0, 0.1) is 0 Å². The van der Waals surface area contributed by atoms with Gasteiger partial charge in [0.25, 0.3) is 0 Å². The Bertz CT molecular complexity index is 3620. The lowest BCUT2D eigenvalue weighted by molar-refractivity contribution is 0.653. The summed E-state index contributed by atoms with van der Waals surface area (Å²) in [5.74, 6) is 0.765. The summed E-state index contributed by atoms with van der Waals surface area (Å²) >= 11 is 0. The van der Waals surface area contributed by atoms with Gasteiger partial charge in [-0.05, 0) is 64.4 Å². The van der Waals surface area contributed by atoms with Gasteiger partial charge in [-0.2, -0.15) is 0 Å². The Kier molecular flexibility index (Phi) is 5.57. The van der Waals surface area contributed by atoms with Crippen LogP contribution in [0.4, 0.5) is 0 Å². The molecule has 0 saturated heterocycles. The van der Waals surface area contributed by atoms with E-state index in [1.54, 1.807) is 0 Å². The molecule has 0 unspecified atom stereocenters. The maximum absolute atomic E-state index is 6.40. The molecule has 0 N–H and O–H groups in total. The van der Waals surface area contributed by atoms with Crippen LogP contribution in [0.3, 0.4) is 0 Å². The number of fused-ring (bicyclic) bond motifs is 16. The molecule has 0 atom stereocenters. The summed E-state index contributed by atoms with van der Waals surface area (Å²) in [6.07, 6.45) is 0. The Morgan fingerprint density at radius 2 is 1.13 bits per heavy atom. The monoisotopic (exact) mass is 700 g/mol. The lowest BCUT2D eigenvalue weighted by Gasteiger charge is -2.14. The molecule has 5 heteroatoms. The average molecular weight is 701 g/mol. The SMILES string of the molecule is c1ccc2c(c1)-c1ccccc1-n1c3ccccc3c3cc4c(c-2c31)c1ccccc1n4-c1nc2c(nc1-c1ccc3ccccc3c1)oc1ccccc12. The summed E-state index contributed by atoms with van der Waals surface area (Å²) in [4.78, 5) is 10.9. The highest BCUT2D eigenvalue weighted by Crippen LogP contribution is 2.52. The normalized spacial score (nSPS) is 12.4. The Labute approximate surface area is 313 Å². The minimum atomic E-state index is 0.526. The molecule has 0 fully saturated rings. The van der Waals surface area contributed by atoms with E-state index in [2.05, 4.69) is 161 Å². The van der Waals surface area contributed by atoms with Gasteiger partial charge < -0.3 is 8.98 Å². The van der Waals surface area contributed by atoms with Crippen LogP contribution in [-0.4, -0.2) is 19.1 Å². The largest absolute Gasteiger partial charge is 0.436 e. The number of hydrogen-bond acceptors (Lipinski definition) is 3. The molecule has 0 spiro atoms. The van der Waals surface area contributed by atoms with E-state index in [1.807, 2.05) is 18.2 Å². The van der Waals surface area contributed by atoms with Gasteiger partial charge in [-0.15, -0.1) is 0 Å². The standard InChI is InChI=1S/C50H28N4O/c1-2-14-30-27-31(26-25-29(30)13-1)46-49(51-47-37-20-8-12-24-43(37)55-50(47)52-46)54-41-23-11-7-19-36(41)44-42(54)28-38-34-17-6-10-22-40(34)53-39-21-9-5-16-33(39)32-15-3-4-18-35(32)45(44)48(38)53/h1-28H. The van der Waals surface area contributed by atoms with Crippen molar-refractivity contribution in [2.24, 2.45) is 0 Å². The number of benzene rings is 8. The van der Waals surface area contributed by atoms with Crippen molar-refractivity contribution >= 4 is 76.6 Å². The van der Waals surface area contributed by atoms with Gasteiger partial charge in [-0.3, -0.25) is 4.57 Å². The minimum absolute atomic E-state index is 0.526. The first-order valence-corrected chi connectivity index (χ1v) is 18.7. The van der Waals surface area contributed by atoms with E-state index in [4.69, 9.17) is 14.4 Å². The van der Waals surface area contributed by atoms with Crippen LogP contribution in [0.5, 0.6) is 0 Å². The van der Waals surface area contributed by atoms with Gasteiger partial charge in [0.05, 0.1) is 27.8 Å². The molecule has 0 radical (unpaired) electrons. The molecule has 0 aliphatic carbocycles. The van der Waals surface area contributed by atoms with E-state index in [0.717, 1.165) is 55.4 Å². The van der Waals surface area contributed by atoms with Crippen LogP contribution < -0.4 is 0 Å². The fourth-order valence-corrected chi connectivity index (χ4v) is 9.34. The second-order valence-electron chi connectivity index (χ2n) is 14.5. The molecule has 0 saturated carbocycles. The summed E-state index contributed by atoms with van der Waals surface area (Å²) in [6.45, 7) is 0. The van der Waals surface area contributed by atoms with Crippen LogP contribution in [0.15, 0.2) is 174 Å². The van der Waals surface area contributed by atoms with Crippen LogP contribution >= 0.6 is 0 Å². The van der Waals surface area contributed by atoms with E-state index in [-0.39, 0.29) is 0 Å². The second-order valence-corrected chi connectivity index (χ2v) is 14.5. The number of nitrogens with zero attached hydrogens (tertiary/aromatic N) is 4. The topological polar surface area (TPSA) is 48.8 Å². The summed E-state index contributed by atoms with van der Waals surface area (Å²) < 4.78 is 11.2. The fraction of sp³-hybridized carbons (Fsp3) is 0. The van der Waals surface area contributed by atoms with E-state index >= 15 is 0 Å². The number of hydrogen-bond donors (Lipinski definition) is 0. The lowest BCUT2D eigenvalue weighted by Crippen LogP contribution is -2.03. The maximum atomic E-state index is 6.40. The van der Waals surface area contributed by atoms with Gasteiger partial charge >= 0.3 is 0 Å². The van der Waals surface area contributed by atoms with Crippen molar-refractivity contribution in [2.75, 3.05) is 0 Å². The third-order valence-corrected chi connectivity index (χ3v) is 11.7. The average Bonchev–Trinajstić information content (AvgIpc) is 3.86. The van der Waals surface area contributed by atoms with Crippen molar-refractivity contribution in [1.82, 2.24) is 19.1 Å². The molecule has 55 heavy (non-hydrogen) atoms. The molecule has 4 aromatic heterocycles. The van der Waals surface area contributed by atoms with Gasteiger partial charge in [0.15, 0.2) is 5.82 Å². The summed E-state index contributed by atoms with van der Waals surface area (Å²) in [6, 6.07) is 60.8. The van der Waals surface area contributed by atoms with Gasteiger partial charge in [-0.1, -0.05) is 127 Å². The molecule has 5 nitrogen and oxygen atoms in total. The quantitative estimate of drug-likeness (QED) is 0.180. The molecule has 13 rings (SSSR count). The van der Waals surface area contributed by atoms with Crippen LogP contribution in [0.25, 0.3) is 122 Å². The van der Waals surface area contributed by atoms with Crippen molar-refractivity contribution in [3.8, 4) is 45.0 Å². The summed E-state index contributed by atoms with van der Waals surface area (Å²) in [5, 5.41) is 8.03. The first-order valence-electron chi connectivity index (χ1n) is 18.7. The van der Waals surface area contributed by atoms with E-state index in [1.165, 1.54) is 60.5 Å². The third kappa shape index (κ3) is 3.81. The zero-order valence-corrected chi connectivity index (χ0v) is 29.4. The molecule has 12 aromatic rings. The fourth-order valence-electron chi connectivity index (χ4n) is 9.34. The first kappa shape index (κ1) is 29.0. The van der Waals surface area contributed by atoms with Crippen LogP contribution in [-0.2, 0) is 0 Å². The number of para-hydroxylation sites is 4. The minimum Gasteiger partial charge on any atom is -0.436 e. The van der Waals surface area contributed by atoms with Crippen LogP contribution in [0.1, 0.15) is 0 Å². The van der Waals surface area contributed by atoms with E-state index < -0.39 is 0 Å². The van der Waals surface area contributed by atoms with Crippen molar-refractivity contribution < 1.29 is 4.42 Å². The second kappa shape index (κ2) is 10.6. The van der Waals surface area contributed by atoms with Crippen molar-refractivity contribution in [2.45, 2.75) is 0 Å². The van der Waals surface area contributed by atoms with Gasteiger partial charge in [0, 0.05) is 43.6 Å². The Hall–Kier alpha value is -7.50. The predicted octanol–water partition coefficient (Wildman–Crippen LogP) is 13.0. The molecule has 254 valence electrons. The molecule has 1 aliphatic heterocycles. The third-order valence-electron chi connectivity index (χ3n) is 11.7.